The first-order valence-corrected chi connectivity index (χ1v) is 8.55. The van der Waals surface area contributed by atoms with E-state index in [-0.39, 0.29) is 0 Å². The summed E-state index contributed by atoms with van der Waals surface area (Å²) < 4.78 is 0. The number of fused-ring (bicyclic) bond motifs is 1. The summed E-state index contributed by atoms with van der Waals surface area (Å²) in [7, 11) is 0. The zero-order valence-corrected chi connectivity index (χ0v) is 13.0. The van der Waals surface area contributed by atoms with Crippen molar-refractivity contribution in [2.75, 3.05) is 0 Å². The highest BCUT2D eigenvalue weighted by atomic mass is 14.9. The van der Waals surface area contributed by atoms with Crippen molar-refractivity contribution >= 4 is 0 Å². The van der Waals surface area contributed by atoms with Crippen molar-refractivity contribution in [2.45, 2.75) is 70.4 Å². The first kappa shape index (κ1) is 14.1. The van der Waals surface area contributed by atoms with Crippen LogP contribution in [0.1, 0.15) is 63.9 Å². The molecule has 2 aliphatic carbocycles. The van der Waals surface area contributed by atoms with Gasteiger partial charge in [-0.3, -0.25) is 0 Å². The Bertz CT molecular complexity index is 411. The molecular formula is C19H29N. The second-order valence-electron chi connectivity index (χ2n) is 7.22. The Kier molecular flexibility index (Phi) is 4.45. The molecule has 1 heteroatoms. The van der Waals surface area contributed by atoms with E-state index >= 15 is 0 Å². The molecule has 0 heterocycles. The van der Waals surface area contributed by atoms with E-state index in [1.165, 1.54) is 38.5 Å². The third kappa shape index (κ3) is 3.09. The molecule has 0 spiro atoms. The molecule has 0 radical (unpaired) electrons. The quantitative estimate of drug-likeness (QED) is 0.837. The zero-order chi connectivity index (χ0) is 13.9. The predicted molar refractivity (Wildman–Crippen MR) is 85.9 cm³/mol. The highest BCUT2D eigenvalue weighted by molar-refractivity contribution is 5.22. The van der Waals surface area contributed by atoms with E-state index in [1.54, 1.807) is 5.56 Å². The lowest BCUT2D eigenvalue weighted by molar-refractivity contribution is 0.122. The SMILES string of the molecule is CC(C)N[C@@H]1C[C@H]2CCCC[C@@H]2C[C@@H]1c1ccccc1. The molecule has 0 aromatic heterocycles. The highest BCUT2D eigenvalue weighted by Crippen LogP contribution is 2.46. The van der Waals surface area contributed by atoms with E-state index in [0.717, 1.165) is 17.8 Å². The average molecular weight is 271 g/mol. The molecule has 4 atom stereocenters. The van der Waals surface area contributed by atoms with Gasteiger partial charge in [-0.05, 0) is 36.2 Å². The van der Waals surface area contributed by atoms with Crippen molar-refractivity contribution in [3.8, 4) is 0 Å². The van der Waals surface area contributed by atoms with E-state index in [0.29, 0.717) is 12.1 Å². The van der Waals surface area contributed by atoms with Crippen LogP contribution >= 0.6 is 0 Å². The molecule has 0 saturated heterocycles. The topological polar surface area (TPSA) is 12.0 Å². The number of rotatable bonds is 3. The van der Waals surface area contributed by atoms with Crippen molar-refractivity contribution in [3.63, 3.8) is 0 Å². The summed E-state index contributed by atoms with van der Waals surface area (Å²) in [6, 6.07) is 12.5. The van der Waals surface area contributed by atoms with Gasteiger partial charge in [-0.1, -0.05) is 69.9 Å². The molecule has 1 N–H and O–H groups in total. The van der Waals surface area contributed by atoms with Crippen molar-refractivity contribution in [1.82, 2.24) is 5.32 Å². The summed E-state index contributed by atoms with van der Waals surface area (Å²) >= 11 is 0. The van der Waals surface area contributed by atoms with Gasteiger partial charge in [0.15, 0.2) is 0 Å². The third-order valence-corrected chi connectivity index (χ3v) is 5.44. The van der Waals surface area contributed by atoms with Crippen molar-refractivity contribution in [1.29, 1.82) is 0 Å². The van der Waals surface area contributed by atoms with E-state index < -0.39 is 0 Å². The fourth-order valence-corrected chi connectivity index (χ4v) is 4.57. The van der Waals surface area contributed by atoms with Gasteiger partial charge in [0.05, 0.1) is 0 Å². The molecule has 1 aromatic carbocycles. The van der Waals surface area contributed by atoms with Crippen molar-refractivity contribution < 1.29 is 0 Å². The van der Waals surface area contributed by atoms with Gasteiger partial charge in [0.1, 0.15) is 0 Å². The molecule has 1 aromatic rings. The van der Waals surface area contributed by atoms with Crippen LogP contribution in [0.4, 0.5) is 0 Å². The van der Waals surface area contributed by atoms with E-state index in [2.05, 4.69) is 49.5 Å². The Labute approximate surface area is 124 Å². The van der Waals surface area contributed by atoms with E-state index in [4.69, 9.17) is 0 Å². The minimum Gasteiger partial charge on any atom is -0.311 e. The van der Waals surface area contributed by atoms with Crippen LogP contribution in [-0.2, 0) is 0 Å². The first-order chi connectivity index (χ1) is 9.74. The van der Waals surface area contributed by atoms with Crippen molar-refractivity contribution in [3.05, 3.63) is 35.9 Å². The molecule has 2 aliphatic rings. The molecule has 3 rings (SSSR count). The normalized spacial score (nSPS) is 34.0. The monoisotopic (exact) mass is 271 g/mol. The van der Waals surface area contributed by atoms with Crippen LogP contribution in [0.3, 0.4) is 0 Å². The Morgan fingerprint density at radius 1 is 0.950 bits per heavy atom. The standard InChI is InChI=1S/C19H29N/c1-14(2)20-19-13-17-11-7-6-10-16(17)12-18(19)15-8-4-3-5-9-15/h3-5,8-9,14,16-20H,6-7,10-13H2,1-2H3/t16-,17-,18-,19-/m1/s1. The summed E-state index contributed by atoms with van der Waals surface area (Å²) in [5, 5.41) is 3.86. The number of benzene rings is 1. The molecule has 0 unspecified atom stereocenters. The minimum absolute atomic E-state index is 0.589. The van der Waals surface area contributed by atoms with Gasteiger partial charge >= 0.3 is 0 Å². The maximum Gasteiger partial charge on any atom is 0.0141 e. The van der Waals surface area contributed by atoms with Crippen molar-refractivity contribution in [2.24, 2.45) is 11.8 Å². The Hall–Kier alpha value is -0.820. The summed E-state index contributed by atoms with van der Waals surface area (Å²) in [5.41, 5.74) is 1.55. The van der Waals surface area contributed by atoms with Crippen LogP contribution in [0.2, 0.25) is 0 Å². The lowest BCUT2D eigenvalue weighted by Gasteiger charge is -2.45. The molecule has 110 valence electrons. The third-order valence-electron chi connectivity index (χ3n) is 5.44. The van der Waals surface area contributed by atoms with Gasteiger partial charge in [-0.2, -0.15) is 0 Å². The molecule has 0 amide bonds. The molecule has 2 saturated carbocycles. The summed E-state index contributed by atoms with van der Waals surface area (Å²) in [6.45, 7) is 4.57. The van der Waals surface area contributed by atoms with Gasteiger partial charge in [-0.25, -0.2) is 0 Å². The van der Waals surface area contributed by atoms with Gasteiger partial charge in [0.2, 0.25) is 0 Å². The fraction of sp³-hybridized carbons (Fsp3) is 0.684. The van der Waals surface area contributed by atoms with Crippen LogP contribution in [0.5, 0.6) is 0 Å². The maximum atomic E-state index is 3.86. The molecule has 0 bridgehead atoms. The van der Waals surface area contributed by atoms with Crippen LogP contribution in [0, 0.1) is 11.8 Å². The summed E-state index contributed by atoms with van der Waals surface area (Å²) in [4.78, 5) is 0. The average Bonchev–Trinajstić information content (AvgIpc) is 2.47. The van der Waals surface area contributed by atoms with Gasteiger partial charge in [0, 0.05) is 12.1 Å². The summed E-state index contributed by atoms with van der Waals surface area (Å²) in [6.07, 6.45) is 8.67. The zero-order valence-electron chi connectivity index (χ0n) is 13.0. The number of nitrogens with one attached hydrogen (secondary N) is 1. The predicted octanol–water partition coefficient (Wildman–Crippen LogP) is 4.74. The Balaban J connectivity index is 1.80. The van der Waals surface area contributed by atoms with Crippen LogP contribution in [0.15, 0.2) is 30.3 Å². The fourth-order valence-electron chi connectivity index (χ4n) is 4.57. The van der Waals surface area contributed by atoms with E-state index in [1.807, 2.05) is 0 Å². The number of hydrogen-bond donors (Lipinski definition) is 1. The van der Waals surface area contributed by atoms with Gasteiger partial charge in [0.25, 0.3) is 0 Å². The van der Waals surface area contributed by atoms with Gasteiger partial charge < -0.3 is 5.32 Å². The second kappa shape index (κ2) is 6.30. The first-order valence-electron chi connectivity index (χ1n) is 8.55. The molecule has 0 aliphatic heterocycles. The van der Waals surface area contributed by atoms with E-state index in [9.17, 15) is 0 Å². The second-order valence-corrected chi connectivity index (χ2v) is 7.22. The molecule has 20 heavy (non-hydrogen) atoms. The van der Waals surface area contributed by atoms with Crippen LogP contribution < -0.4 is 5.32 Å². The molecular weight excluding hydrogens is 242 g/mol. The lowest BCUT2D eigenvalue weighted by atomic mass is 9.64. The minimum atomic E-state index is 0.589. The number of hydrogen-bond acceptors (Lipinski definition) is 1. The van der Waals surface area contributed by atoms with Gasteiger partial charge in [-0.15, -0.1) is 0 Å². The smallest absolute Gasteiger partial charge is 0.0141 e. The Morgan fingerprint density at radius 3 is 2.25 bits per heavy atom. The largest absolute Gasteiger partial charge is 0.311 e. The van der Waals surface area contributed by atoms with Crippen LogP contribution in [0.25, 0.3) is 0 Å². The Morgan fingerprint density at radius 2 is 1.60 bits per heavy atom. The maximum absolute atomic E-state index is 3.86. The lowest BCUT2D eigenvalue weighted by Crippen LogP contribution is -2.46. The van der Waals surface area contributed by atoms with Crippen LogP contribution in [-0.4, -0.2) is 12.1 Å². The highest BCUT2D eigenvalue weighted by Gasteiger charge is 2.38. The molecule has 2 fully saturated rings. The molecule has 1 nitrogen and oxygen atoms in total. The summed E-state index contributed by atoms with van der Waals surface area (Å²) in [5.74, 6) is 2.69.